The van der Waals surface area contributed by atoms with Crippen LogP contribution >= 0.6 is 0 Å². The molecule has 2 rings (SSSR count). The van der Waals surface area contributed by atoms with Crippen molar-refractivity contribution >= 4 is 11.8 Å². The number of carbonyl (C=O) groups excluding carboxylic acids is 2. The zero-order valence-corrected chi connectivity index (χ0v) is 12.5. The van der Waals surface area contributed by atoms with E-state index in [2.05, 4.69) is 0 Å². The SMILES string of the molecule is CCOc1ccc(COC(=O)C(=O)C2CCCCC2)cc1. The molecule has 0 amide bonds. The fourth-order valence-corrected chi connectivity index (χ4v) is 2.60. The average molecular weight is 290 g/mol. The summed E-state index contributed by atoms with van der Waals surface area (Å²) in [6, 6.07) is 7.33. The Balaban J connectivity index is 1.81. The lowest BCUT2D eigenvalue weighted by Crippen LogP contribution is -2.27. The van der Waals surface area contributed by atoms with Crippen LogP contribution in [0.4, 0.5) is 0 Å². The number of ether oxygens (including phenoxy) is 2. The highest BCUT2D eigenvalue weighted by molar-refractivity contribution is 6.34. The molecule has 0 spiro atoms. The predicted molar refractivity (Wildman–Crippen MR) is 79.0 cm³/mol. The zero-order chi connectivity index (χ0) is 15.1. The van der Waals surface area contributed by atoms with Gasteiger partial charge >= 0.3 is 5.97 Å². The van der Waals surface area contributed by atoms with Gasteiger partial charge in [-0.25, -0.2) is 4.79 Å². The molecule has 0 unspecified atom stereocenters. The average Bonchev–Trinajstić information content (AvgIpc) is 2.54. The smallest absolute Gasteiger partial charge is 0.375 e. The molecule has 0 heterocycles. The molecule has 0 N–H and O–H groups in total. The number of benzene rings is 1. The van der Waals surface area contributed by atoms with Gasteiger partial charge in [0, 0.05) is 5.92 Å². The number of carbonyl (C=O) groups is 2. The highest BCUT2D eigenvalue weighted by atomic mass is 16.5. The van der Waals surface area contributed by atoms with Crippen molar-refractivity contribution < 1.29 is 19.1 Å². The Kier molecular flexibility index (Phi) is 5.78. The Morgan fingerprint density at radius 1 is 1.10 bits per heavy atom. The fraction of sp³-hybridized carbons (Fsp3) is 0.529. The molecular weight excluding hydrogens is 268 g/mol. The molecule has 0 aliphatic heterocycles. The van der Waals surface area contributed by atoms with Gasteiger partial charge in [-0.15, -0.1) is 0 Å². The lowest BCUT2D eigenvalue weighted by molar-refractivity contribution is -0.157. The Morgan fingerprint density at radius 2 is 1.76 bits per heavy atom. The Hall–Kier alpha value is -1.84. The highest BCUT2D eigenvalue weighted by Crippen LogP contribution is 2.24. The zero-order valence-electron chi connectivity index (χ0n) is 12.5. The van der Waals surface area contributed by atoms with Gasteiger partial charge in [0.1, 0.15) is 12.4 Å². The maximum absolute atomic E-state index is 12.0. The largest absolute Gasteiger partial charge is 0.494 e. The van der Waals surface area contributed by atoms with Crippen LogP contribution in [0.5, 0.6) is 5.75 Å². The minimum absolute atomic E-state index is 0.129. The standard InChI is InChI=1S/C17H22O4/c1-2-20-15-10-8-13(9-11-15)12-21-17(19)16(18)14-6-4-3-5-7-14/h8-11,14H,2-7,12H2,1H3. The second kappa shape index (κ2) is 7.81. The number of ketones is 1. The number of rotatable bonds is 6. The van der Waals surface area contributed by atoms with E-state index >= 15 is 0 Å². The van der Waals surface area contributed by atoms with Crippen LogP contribution in [0.25, 0.3) is 0 Å². The van der Waals surface area contributed by atoms with Crippen molar-refractivity contribution in [2.75, 3.05) is 6.61 Å². The maximum Gasteiger partial charge on any atom is 0.375 e. The third-order valence-corrected chi connectivity index (χ3v) is 3.78. The first kappa shape index (κ1) is 15.5. The lowest BCUT2D eigenvalue weighted by atomic mass is 9.86. The van der Waals surface area contributed by atoms with Crippen LogP contribution in [0.3, 0.4) is 0 Å². The minimum atomic E-state index is -0.698. The quantitative estimate of drug-likeness (QED) is 0.596. The summed E-state index contributed by atoms with van der Waals surface area (Å²) in [6.07, 6.45) is 4.85. The number of esters is 1. The van der Waals surface area contributed by atoms with Crippen molar-refractivity contribution in [3.63, 3.8) is 0 Å². The topological polar surface area (TPSA) is 52.6 Å². The molecule has 0 atom stereocenters. The molecule has 0 bridgehead atoms. The maximum atomic E-state index is 12.0. The van der Waals surface area contributed by atoms with Crippen molar-refractivity contribution in [1.82, 2.24) is 0 Å². The van der Waals surface area contributed by atoms with E-state index in [1.54, 1.807) is 0 Å². The summed E-state index contributed by atoms with van der Waals surface area (Å²) in [6.45, 7) is 2.67. The summed E-state index contributed by atoms with van der Waals surface area (Å²) in [7, 11) is 0. The second-order valence-electron chi connectivity index (χ2n) is 5.35. The third kappa shape index (κ3) is 4.59. The van der Waals surface area contributed by atoms with E-state index in [0.717, 1.165) is 43.4 Å². The number of hydrogen-bond donors (Lipinski definition) is 0. The molecule has 1 saturated carbocycles. The molecule has 1 aliphatic rings. The molecule has 0 radical (unpaired) electrons. The van der Waals surface area contributed by atoms with E-state index in [0.29, 0.717) is 6.61 Å². The summed E-state index contributed by atoms with van der Waals surface area (Å²) in [5, 5.41) is 0. The van der Waals surface area contributed by atoms with E-state index in [4.69, 9.17) is 9.47 Å². The van der Waals surface area contributed by atoms with Gasteiger partial charge in [-0.1, -0.05) is 31.4 Å². The van der Waals surface area contributed by atoms with Gasteiger partial charge in [0.2, 0.25) is 5.78 Å². The van der Waals surface area contributed by atoms with Crippen LogP contribution in [0, 0.1) is 5.92 Å². The van der Waals surface area contributed by atoms with Gasteiger partial charge in [0.05, 0.1) is 6.61 Å². The first-order chi connectivity index (χ1) is 10.2. The Labute approximate surface area is 125 Å². The Morgan fingerprint density at radius 3 is 2.38 bits per heavy atom. The lowest BCUT2D eigenvalue weighted by Gasteiger charge is -2.19. The predicted octanol–water partition coefficient (Wildman–Crippen LogP) is 3.28. The monoisotopic (exact) mass is 290 g/mol. The molecule has 114 valence electrons. The van der Waals surface area contributed by atoms with Crippen LogP contribution in [0.15, 0.2) is 24.3 Å². The van der Waals surface area contributed by atoms with Crippen molar-refractivity contribution in [3.05, 3.63) is 29.8 Å². The molecule has 4 heteroatoms. The van der Waals surface area contributed by atoms with E-state index in [9.17, 15) is 9.59 Å². The first-order valence-corrected chi connectivity index (χ1v) is 7.63. The molecule has 21 heavy (non-hydrogen) atoms. The molecule has 1 aromatic rings. The Bertz CT molecular complexity index is 472. The molecule has 4 nitrogen and oxygen atoms in total. The fourth-order valence-electron chi connectivity index (χ4n) is 2.60. The van der Waals surface area contributed by atoms with Crippen molar-refractivity contribution in [2.24, 2.45) is 5.92 Å². The second-order valence-corrected chi connectivity index (χ2v) is 5.35. The van der Waals surface area contributed by atoms with E-state index in [-0.39, 0.29) is 18.3 Å². The molecule has 0 aromatic heterocycles. The molecule has 1 aromatic carbocycles. The van der Waals surface area contributed by atoms with Crippen molar-refractivity contribution in [2.45, 2.75) is 45.6 Å². The van der Waals surface area contributed by atoms with Crippen molar-refractivity contribution in [1.29, 1.82) is 0 Å². The van der Waals surface area contributed by atoms with Gasteiger partial charge in [0.15, 0.2) is 0 Å². The summed E-state index contributed by atoms with van der Waals surface area (Å²) in [4.78, 5) is 23.8. The van der Waals surface area contributed by atoms with E-state index < -0.39 is 5.97 Å². The third-order valence-electron chi connectivity index (χ3n) is 3.78. The summed E-state index contributed by atoms with van der Waals surface area (Å²) in [5.74, 6) is -0.408. The van der Waals surface area contributed by atoms with Crippen LogP contribution in [-0.4, -0.2) is 18.4 Å². The van der Waals surface area contributed by atoms with Gasteiger partial charge in [-0.05, 0) is 37.5 Å². The van der Waals surface area contributed by atoms with Crippen LogP contribution < -0.4 is 4.74 Å². The van der Waals surface area contributed by atoms with E-state index in [1.807, 2.05) is 31.2 Å². The summed E-state index contributed by atoms with van der Waals surface area (Å²) in [5.41, 5.74) is 0.850. The molecule has 0 saturated heterocycles. The first-order valence-electron chi connectivity index (χ1n) is 7.63. The number of hydrogen-bond acceptors (Lipinski definition) is 4. The van der Waals surface area contributed by atoms with Crippen LogP contribution in [0.1, 0.15) is 44.6 Å². The van der Waals surface area contributed by atoms with Gasteiger partial charge in [0.25, 0.3) is 0 Å². The minimum Gasteiger partial charge on any atom is -0.494 e. The number of Topliss-reactive ketones (excluding diaryl/α,β-unsaturated/α-hetero) is 1. The van der Waals surface area contributed by atoms with Crippen LogP contribution in [0.2, 0.25) is 0 Å². The summed E-state index contributed by atoms with van der Waals surface area (Å²) >= 11 is 0. The van der Waals surface area contributed by atoms with Gasteiger partial charge in [-0.2, -0.15) is 0 Å². The van der Waals surface area contributed by atoms with Crippen LogP contribution in [-0.2, 0) is 20.9 Å². The van der Waals surface area contributed by atoms with Gasteiger partial charge in [-0.3, -0.25) is 4.79 Å². The van der Waals surface area contributed by atoms with Crippen molar-refractivity contribution in [3.8, 4) is 5.75 Å². The molecule has 1 fully saturated rings. The normalized spacial score (nSPS) is 15.5. The highest BCUT2D eigenvalue weighted by Gasteiger charge is 2.27. The van der Waals surface area contributed by atoms with Gasteiger partial charge < -0.3 is 9.47 Å². The molecule has 1 aliphatic carbocycles. The molecular formula is C17H22O4. The van der Waals surface area contributed by atoms with E-state index in [1.165, 1.54) is 0 Å². The summed E-state index contributed by atoms with van der Waals surface area (Å²) < 4.78 is 10.5.